The topological polar surface area (TPSA) is 68.2 Å². The van der Waals surface area contributed by atoms with Gasteiger partial charge in [0.1, 0.15) is 5.75 Å². The van der Waals surface area contributed by atoms with Crippen LogP contribution in [0.15, 0.2) is 83.9 Å². The van der Waals surface area contributed by atoms with Crippen molar-refractivity contribution in [2.24, 2.45) is 0 Å². The van der Waals surface area contributed by atoms with Gasteiger partial charge in [0.15, 0.2) is 9.84 Å². The summed E-state index contributed by atoms with van der Waals surface area (Å²) < 4.78 is 28.2. The first-order valence-electron chi connectivity index (χ1n) is 9.74. The summed E-state index contributed by atoms with van der Waals surface area (Å²) in [6.45, 7) is 2.34. The molecule has 0 saturated heterocycles. The fraction of sp³-hybridized carbons (Fsp3) is 0.125. The van der Waals surface area contributed by atoms with E-state index in [0.717, 1.165) is 16.6 Å². The van der Waals surface area contributed by atoms with E-state index < -0.39 is 21.5 Å². The van der Waals surface area contributed by atoms with Gasteiger partial charge in [0.2, 0.25) is 5.91 Å². The molecule has 5 nitrogen and oxygen atoms in total. The van der Waals surface area contributed by atoms with Crippen LogP contribution in [-0.2, 0) is 21.2 Å². The highest BCUT2D eigenvalue weighted by Crippen LogP contribution is 2.27. The Morgan fingerprint density at radius 1 is 0.968 bits per heavy atom. The zero-order chi connectivity index (χ0) is 22.0. The van der Waals surface area contributed by atoms with Crippen LogP contribution in [-0.4, -0.2) is 24.6 Å². The fourth-order valence-electron chi connectivity index (χ4n) is 3.53. The molecule has 0 bridgehead atoms. The van der Waals surface area contributed by atoms with Gasteiger partial charge in [-0.25, -0.2) is 8.42 Å². The van der Waals surface area contributed by atoms with Crippen LogP contribution in [0.4, 0.5) is 5.69 Å². The molecule has 0 atom stereocenters. The standard InChI is InChI=1S/C24H21ClN2O3S/c1-17-6-2-4-8-21(17)26-24(28)16-31(29,30)23-15-27(22-9-5-3-7-20(22)23)14-18-10-12-19(25)13-11-18/h2-13,15H,14,16H2,1H3,(H,26,28). The van der Waals surface area contributed by atoms with E-state index in [2.05, 4.69) is 5.32 Å². The van der Waals surface area contributed by atoms with Crippen molar-refractivity contribution in [3.8, 4) is 0 Å². The lowest BCUT2D eigenvalue weighted by Gasteiger charge is -2.08. The van der Waals surface area contributed by atoms with Gasteiger partial charge in [0, 0.05) is 34.4 Å². The molecule has 31 heavy (non-hydrogen) atoms. The van der Waals surface area contributed by atoms with Crippen LogP contribution in [0, 0.1) is 6.92 Å². The molecule has 0 unspecified atom stereocenters. The number of para-hydroxylation sites is 2. The molecule has 0 fully saturated rings. The van der Waals surface area contributed by atoms with Gasteiger partial charge < -0.3 is 9.88 Å². The summed E-state index contributed by atoms with van der Waals surface area (Å²) in [5.41, 5.74) is 3.25. The second-order valence-electron chi connectivity index (χ2n) is 7.39. The minimum atomic E-state index is -3.85. The van der Waals surface area contributed by atoms with E-state index in [1.54, 1.807) is 42.6 Å². The zero-order valence-electron chi connectivity index (χ0n) is 16.9. The van der Waals surface area contributed by atoms with E-state index in [1.165, 1.54) is 0 Å². The summed E-state index contributed by atoms with van der Waals surface area (Å²) in [6, 6.07) is 22.0. The third-order valence-electron chi connectivity index (χ3n) is 5.09. The van der Waals surface area contributed by atoms with Crippen molar-refractivity contribution < 1.29 is 13.2 Å². The molecule has 0 aliphatic heterocycles. The third-order valence-corrected chi connectivity index (χ3v) is 6.98. The number of nitrogens with one attached hydrogen (secondary N) is 1. The Hall–Kier alpha value is -3.09. The van der Waals surface area contributed by atoms with E-state index in [0.29, 0.717) is 22.6 Å². The molecule has 158 valence electrons. The minimum Gasteiger partial charge on any atom is -0.342 e. The highest BCUT2D eigenvalue weighted by Gasteiger charge is 2.24. The van der Waals surface area contributed by atoms with Crippen molar-refractivity contribution in [2.75, 3.05) is 11.1 Å². The molecule has 0 aliphatic carbocycles. The Morgan fingerprint density at radius 3 is 2.39 bits per heavy atom. The normalized spacial score (nSPS) is 11.5. The van der Waals surface area contributed by atoms with E-state index in [-0.39, 0.29) is 4.90 Å². The number of benzene rings is 3. The van der Waals surface area contributed by atoms with Crippen LogP contribution < -0.4 is 5.32 Å². The van der Waals surface area contributed by atoms with Crippen LogP contribution in [0.5, 0.6) is 0 Å². The fourth-order valence-corrected chi connectivity index (χ4v) is 5.02. The van der Waals surface area contributed by atoms with Gasteiger partial charge in [-0.05, 0) is 42.3 Å². The number of carbonyl (C=O) groups is 1. The lowest BCUT2D eigenvalue weighted by Crippen LogP contribution is -2.23. The number of nitrogens with zero attached hydrogens (tertiary/aromatic N) is 1. The lowest BCUT2D eigenvalue weighted by molar-refractivity contribution is -0.113. The second-order valence-corrected chi connectivity index (χ2v) is 9.78. The monoisotopic (exact) mass is 452 g/mol. The Morgan fingerprint density at radius 2 is 1.65 bits per heavy atom. The van der Waals surface area contributed by atoms with E-state index in [1.807, 2.05) is 47.9 Å². The van der Waals surface area contributed by atoms with Crippen molar-refractivity contribution >= 4 is 43.9 Å². The van der Waals surface area contributed by atoms with Crippen molar-refractivity contribution in [3.05, 3.63) is 95.1 Å². The summed E-state index contributed by atoms with van der Waals surface area (Å²) in [5, 5.41) is 3.94. The molecule has 1 aromatic heterocycles. The molecule has 0 spiro atoms. The van der Waals surface area contributed by atoms with Gasteiger partial charge in [0.05, 0.1) is 4.90 Å². The molecule has 7 heteroatoms. The first kappa shape index (κ1) is 21.2. The summed E-state index contributed by atoms with van der Waals surface area (Å²) >= 11 is 5.97. The molecule has 0 saturated carbocycles. The number of carbonyl (C=O) groups excluding carboxylic acids is 1. The molecule has 0 aliphatic rings. The number of sulfone groups is 1. The number of aromatic nitrogens is 1. The van der Waals surface area contributed by atoms with Crippen molar-refractivity contribution in [1.82, 2.24) is 4.57 Å². The SMILES string of the molecule is Cc1ccccc1NC(=O)CS(=O)(=O)c1cn(Cc2ccc(Cl)cc2)c2ccccc12. The van der Waals surface area contributed by atoms with Crippen molar-refractivity contribution in [2.45, 2.75) is 18.4 Å². The maximum Gasteiger partial charge on any atom is 0.239 e. The van der Waals surface area contributed by atoms with Crippen molar-refractivity contribution in [3.63, 3.8) is 0 Å². The van der Waals surface area contributed by atoms with Gasteiger partial charge in [-0.15, -0.1) is 0 Å². The van der Waals surface area contributed by atoms with Gasteiger partial charge >= 0.3 is 0 Å². The quantitative estimate of drug-likeness (QED) is 0.444. The molecule has 1 heterocycles. The Labute approximate surface area is 186 Å². The third kappa shape index (κ3) is 4.65. The Bertz CT molecular complexity index is 1360. The van der Waals surface area contributed by atoms with E-state index in [4.69, 9.17) is 11.6 Å². The van der Waals surface area contributed by atoms with Gasteiger partial charge in [0.25, 0.3) is 0 Å². The van der Waals surface area contributed by atoms with Crippen LogP contribution in [0.2, 0.25) is 5.02 Å². The van der Waals surface area contributed by atoms with Gasteiger partial charge in [-0.1, -0.05) is 60.1 Å². The first-order valence-corrected chi connectivity index (χ1v) is 11.8. The van der Waals surface area contributed by atoms with Gasteiger partial charge in [-0.3, -0.25) is 4.79 Å². The molecule has 4 rings (SSSR count). The van der Waals surface area contributed by atoms with Crippen LogP contribution in [0.3, 0.4) is 0 Å². The predicted octanol–water partition coefficient (Wildman–Crippen LogP) is 5.06. The largest absolute Gasteiger partial charge is 0.342 e. The molecule has 0 radical (unpaired) electrons. The number of aryl methyl sites for hydroxylation is 1. The maximum absolute atomic E-state index is 13.2. The number of amides is 1. The molecule has 1 amide bonds. The summed E-state index contributed by atoms with van der Waals surface area (Å²) in [5.74, 6) is -1.19. The molecule has 1 N–H and O–H groups in total. The Balaban J connectivity index is 1.64. The van der Waals surface area contributed by atoms with Crippen LogP contribution >= 0.6 is 11.6 Å². The highest BCUT2D eigenvalue weighted by atomic mass is 35.5. The predicted molar refractivity (Wildman–Crippen MR) is 124 cm³/mol. The second kappa shape index (κ2) is 8.57. The number of anilines is 1. The molecular weight excluding hydrogens is 432 g/mol. The van der Waals surface area contributed by atoms with E-state index in [9.17, 15) is 13.2 Å². The van der Waals surface area contributed by atoms with Gasteiger partial charge in [-0.2, -0.15) is 0 Å². The Kier molecular flexibility index (Phi) is 5.85. The minimum absolute atomic E-state index is 0.150. The molecular formula is C24H21ClN2O3S. The zero-order valence-corrected chi connectivity index (χ0v) is 18.5. The smallest absolute Gasteiger partial charge is 0.239 e. The number of halogens is 1. The van der Waals surface area contributed by atoms with Crippen LogP contribution in [0.1, 0.15) is 11.1 Å². The number of hydrogen-bond acceptors (Lipinski definition) is 3. The highest BCUT2D eigenvalue weighted by molar-refractivity contribution is 7.92. The number of hydrogen-bond donors (Lipinski definition) is 1. The maximum atomic E-state index is 13.2. The number of fused-ring (bicyclic) bond motifs is 1. The van der Waals surface area contributed by atoms with Crippen molar-refractivity contribution in [1.29, 1.82) is 0 Å². The van der Waals surface area contributed by atoms with E-state index >= 15 is 0 Å². The average molecular weight is 453 g/mol. The molecule has 4 aromatic rings. The number of rotatable bonds is 6. The summed E-state index contributed by atoms with van der Waals surface area (Å²) in [6.07, 6.45) is 1.61. The summed E-state index contributed by atoms with van der Waals surface area (Å²) in [4.78, 5) is 12.7. The van der Waals surface area contributed by atoms with Crippen LogP contribution in [0.25, 0.3) is 10.9 Å². The molecule has 3 aromatic carbocycles. The summed E-state index contributed by atoms with van der Waals surface area (Å²) in [7, 11) is -3.85. The lowest BCUT2D eigenvalue weighted by atomic mass is 10.2. The average Bonchev–Trinajstić information content (AvgIpc) is 3.11. The first-order chi connectivity index (χ1) is 14.8.